The monoisotopic (exact) mass is 419 g/mol. The van der Waals surface area contributed by atoms with Gasteiger partial charge in [0, 0.05) is 16.1 Å². The Morgan fingerprint density at radius 3 is 2.57 bits per heavy atom. The number of nitrogens with two attached hydrogens (primary N) is 1. The van der Waals surface area contributed by atoms with E-state index in [9.17, 15) is 8.78 Å². The molecule has 21 heavy (non-hydrogen) atoms. The van der Waals surface area contributed by atoms with Crippen molar-refractivity contribution in [3.63, 3.8) is 0 Å². The molecule has 2 aromatic carbocycles. The SMILES string of the molecule is C[C@H](N)c1ccc(Br)cc1OCc1c(F)ccc(Br)c1F. The zero-order valence-electron chi connectivity index (χ0n) is 11.2. The molecule has 2 rings (SSSR count). The van der Waals surface area contributed by atoms with Crippen LogP contribution in [-0.4, -0.2) is 0 Å². The minimum absolute atomic E-state index is 0.125. The molecule has 0 spiro atoms. The third-order valence-electron chi connectivity index (χ3n) is 2.98. The van der Waals surface area contributed by atoms with Crippen molar-refractivity contribution < 1.29 is 13.5 Å². The molecule has 0 heterocycles. The average molecular weight is 421 g/mol. The molecule has 0 aliphatic rings. The topological polar surface area (TPSA) is 35.2 Å². The Kier molecular flexibility index (Phi) is 5.35. The van der Waals surface area contributed by atoms with Gasteiger partial charge in [-0.1, -0.05) is 22.0 Å². The number of hydrogen-bond donors (Lipinski definition) is 1. The summed E-state index contributed by atoms with van der Waals surface area (Å²) in [5.74, 6) is -0.807. The minimum Gasteiger partial charge on any atom is -0.488 e. The summed E-state index contributed by atoms with van der Waals surface area (Å²) < 4.78 is 34.2. The summed E-state index contributed by atoms with van der Waals surface area (Å²) in [5, 5.41) is 0. The van der Waals surface area contributed by atoms with Gasteiger partial charge in [0.1, 0.15) is 24.0 Å². The van der Waals surface area contributed by atoms with Crippen LogP contribution < -0.4 is 10.5 Å². The lowest BCUT2D eigenvalue weighted by Gasteiger charge is -2.15. The number of rotatable bonds is 4. The Hall–Kier alpha value is -0.980. The Bertz CT molecular complexity index is 662. The van der Waals surface area contributed by atoms with E-state index in [1.165, 1.54) is 12.1 Å². The van der Waals surface area contributed by atoms with Crippen LogP contribution >= 0.6 is 31.9 Å². The highest BCUT2D eigenvalue weighted by molar-refractivity contribution is 9.10. The second-order valence-electron chi connectivity index (χ2n) is 4.58. The van der Waals surface area contributed by atoms with Gasteiger partial charge in [-0.25, -0.2) is 8.78 Å². The first-order chi connectivity index (χ1) is 9.90. The fraction of sp³-hybridized carbons (Fsp3) is 0.200. The second-order valence-corrected chi connectivity index (χ2v) is 6.35. The maximum atomic E-state index is 13.9. The maximum absolute atomic E-state index is 13.9. The number of ether oxygens (including phenoxy) is 1. The molecule has 0 amide bonds. The first-order valence-corrected chi connectivity index (χ1v) is 7.79. The summed E-state index contributed by atoms with van der Waals surface area (Å²) in [7, 11) is 0. The van der Waals surface area contributed by atoms with E-state index in [2.05, 4.69) is 31.9 Å². The number of hydrogen-bond acceptors (Lipinski definition) is 2. The van der Waals surface area contributed by atoms with Crippen molar-refractivity contribution in [2.24, 2.45) is 5.73 Å². The van der Waals surface area contributed by atoms with Gasteiger partial charge in [-0.05, 0) is 47.1 Å². The fourth-order valence-corrected chi connectivity index (χ4v) is 2.57. The summed E-state index contributed by atoms with van der Waals surface area (Å²) in [6.07, 6.45) is 0. The average Bonchev–Trinajstić information content (AvgIpc) is 2.43. The molecule has 112 valence electrons. The molecule has 0 saturated heterocycles. The molecule has 0 saturated carbocycles. The summed E-state index contributed by atoms with van der Waals surface area (Å²) in [6.45, 7) is 1.60. The third kappa shape index (κ3) is 3.81. The Labute approximate surface area is 138 Å². The molecule has 0 bridgehead atoms. The molecular formula is C15H13Br2F2NO. The van der Waals surface area contributed by atoms with E-state index < -0.39 is 11.6 Å². The molecule has 2 N–H and O–H groups in total. The largest absolute Gasteiger partial charge is 0.488 e. The lowest BCUT2D eigenvalue weighted by Crippen LogP contribution is -2.09. The standard InChI is InChI=1S/C15H13Br2F2NO/c1-8(20)10-3-2-9(16)6-14(10)21-7-11-13(18)5-4-12(17)15(11)19/h2-6,8H,7,20H2,1H3/t8-/m0/s1. The van der Waals surface area contributed by atoms with Crippen LogP contribution in [0.4, 0.5) is 8.78 Å². The van der Waals surface area contributed by atoms with Gasteiger partial charge in [0.05, 0.1) is 10.0 Å². The Morgan fingerprint density at radius 1 is 1.19 bits per heavy atom. The van der Waals surface area contributed by atoms with Gasteiger partial charge in [0.25, 0.3) is 0 Å². The van der Waals surface area contributed by atoms with Crippen LogP contribution in [0.15, 0.2) is 39.3 Å². The van der Waals surface area contributed by atoms with Gasteiger partial charge in [-0.15, -0.1) is 0 Å². The highest BCUT2D eigenvalue weighted by atomic mass is 79.9. The van der Waals surface area contributed by atoms with Crippen LogP contribution in [0.25, 0.3) is 0 Å². The Morgan fingerprint density at radius 2 is 1.90 bits per heavy atom. The van der Waals surface area contributed by atoms with Crippen molar-refractivity contribution in [2.75, 3.05) is 0 Å². The number of halogens is 4. The lowest BCUT2D eigenvalue weighted by atomic mass is 10.1. The van der Waals surface area contributed by atoms with Gasteiger partial charge < -0.3 is 10.5 Å². The van der Waals surface area contributed by atoms with E-state index in [-0.39, 0.29) is 22.7 Å². The maximum Gasteiger partial charge on any atom is 0.146 e. The van der Waals surface area contributed by atoms with Gasteiger partial charge in [-0.2, -0.15) is 0 Å². The molecule has 0 aromatic heterocycles. The van der Waals surface area contributed by atoms with Crippen molar-refractivity contribution in [2.45, 2.75) is 19.6 Å². The predicted molar refractivity (Wildman–Crippen MR) is 85.1 cm³/mol. The Balaban J connectivity index is 2.29. The minimum atomic E-state index is -0.660. The van der Waals surface area contributed by atoms with Gasteiger partial charge in [0.15, 0.2) is 0 Å². The van der Waals surface area contributed by atoms with E-state index in [1.54, 1.807) is 6.07 Å². The predicted octanol–water partition coefficient (Wildman–Crippen LogP) is 5.09. The van der Waals surface area contributed by atoms with Crippen molar-refractivity contribution in [1.82, 2.24) is 0 Å². The molecule has 0 unspecified atom stereocenters. The van der Waals surface area contributed by atoms with E-state index in [4.69, 9.17) is 10.5 Å². The molecule has 6 heteroatoms. The third-order valence-corrected chi connectivity index (χ3v) is 4.08. The normalized spacial score (nSPS) is 12.3. The molecule has 0 radical (unpaired) electrons. The summed E-state index contributed by atoms with van der Waals surface area (Å²) in [5.41, 5.74) is 6.51. The zero-order valence-corrected chi connectivity index (χ0v) is 14.3. The smallest absolute Gasteiger partial charge is 0.146 e. The van der Waals surface area contributed by atoms with E-state index in [1.807, 2.05) is 19.1 Å². The number of benzene rings is 2. The first kappa shape index (κ1) is 16.4. The van der Waals surface area contributed by atoms with E-state index in [0.717, 1.165) is 10.0 Å². The molecule has 0 fully saturated rings. The fourth-order valence-electron chi connectivity index (χ4n) is 1.86. The highest BCUT2D eigenvalue weighted by Crippen LogP contribution is 2.29. The highest BCUT2D eigenvalue weighted by Gasteiger charge is 2.15. The van der Waals surface area contributed by atoms with Gasteiger partial charge >= 0.3 is 0 Å². The van der Waals surface area contributed by atoms with E-state index >= 15 is 0 Å². The molecular weight excluding hydrogens is 408 g/mol. The van der Waals surface area contributed by atoms with Crippen LogP contribution in [0.3, 0.4) is 0 Å². The molecule has 2 aromatic rings. The molecule has 0 aliphatic heterocycles. The van der Waals surface area contributed by atoms with Crippen LogP contribution in [0.1, 0.15) is 24.1 Å². The van der Waals surface area contributed by atoms with Crippen molar-refractivity contribution in [1.29, 1.82) is 0 Å². The molecule has 2 nitrogen and oxygen atoms in total. The second kappa shape index (κ2) is 6.85. The van der Waals surface area contributed by atoms with Crippen LogP contribution in [0, 0.1) is 11.6 Å². The molecule has 1 atom stereocenters. The first-order valence-electron chi connectivity index (χ1n) is 6.20. The lowest BCUT2D eigenvalue weighted by molar-refractivity contribution is 0.288. The van der Waals surface area contributed by atoms with Crippen molar-refractivity contribution in [3.8, 4) is 5.75 Å². The van der Waals surface area contributed by atoms with Gasteiger partial charge in [0.2, 0.25) is 0 Å². The van der Waals surface area contributed by atoms with Crippen LogP contribution in [0.2, 0.25) is 0 Å². The summed E-state index contributed by atoms with van der Waals surface area (Å²) >= 11 is 6.37. The van der Waals surface area contributed by atoms with Crippen molar-refractivity contribution in [3.05, 3.63) is 62.0 Å². The van der Waals surface area contributed by atoms with Crippen LogP contribution in [-0.2, 0) is 6.61 Å². The zero-order chi connectivity index (χ0) is 15.6. The molecule has 0 aliphatic carbocycles. The van der Waals surface area contributed by atoms with Gasteiger partial charge in [-0.3, -0.25) is 0 Å². The van der Waals surface area contributed by atoms with E-state index in [0.29, 0.717) is 5.75 Å². The summed E-state index contributed by atoms with van der Waals surface area (Å²) in [6, 6.07) is 7.65. The quantitative estimate of drug-likeness (QED) is 0.699. The summed E-state index contributed by atoms with van der Waals surface area (Å²) in [4.78, 5) is 0. The van der Waals surface area contributed by atoms with Crippen LogP contribution in [0.5, 0.6) is 5.75 Å². The van der Waals surface area contributed by atoms with Crippen molar-refractivity contribution >= 4 is 31.9 Å².